The Bertz CT molecular complexity index is 378. The van der Waals surface area contributed by atoms with Crippen molar-refractivity contribution in [2.45, 2.75) is 32.9 Å². The van der Waals surface area contributed by atoms with Crippen molar-refractivity contribution in [3.63, 3.8) is 0 Å². The van der Waals surface area contributed by atoms with E-state index >= 15 is 0 Å². The van der Waals surface area contributed by atoms with E-state index in [0.29, 0.717) is 12.1 Å². The van der Waals surface area contributed by atoms with E-state index in [1.54, 1.807) is 13.8 Å². The van der Waals surface area contributed by atoms with E-state index in [1.165, 1.54) is 0 Å². The van der Waals surface area contributed by atoms with Crippen LogP contribution in [0.2, 0.25) is 0 Å². The summed E-state index contributed by atoms with van der Waals surface area (Å²) in [5.74, 6) is 0.201. The fourth-order valence-corrected chi connectivity index (χ4v) is 1.78. The summed E-state index contributed by atoms with van der Waals surface area (Å²) in [6, 6.07) is 3.78. The van der Waals surface area contributed by atoms with Gasteiger partial charge in [-0.3, -0.25) is 0 Å². The number of benzene rings is 1. The number of aryl methyl sites for hydroxylation is 1. The van der Waals surface area contributed by atoms with Crippen molar-refractivity contribution in [1.29, 1.82) is 0 Å². The molecule has 0 amide bonds. The molecule has 0 aliphatic carbocycles. The summed E-state index contributed by atoms with van der Waals surface area (Å²) in [5.41, 5.74) is 1.47. The SMILES string of the molecule is Cc1cc(CN(C)C)c(O)c(C(C)(C)O)c1. The molecule has 90 valence electrons. The molecule has 0 fully saturated rings. The second kappa shape index (κ2) is 4.44. The minimum Gasteiger partial charge on any atom is -0.507 e. The molecule has 1 aromatic carbocycles. The first-order valence-electron chi connectivity index (χ1n) is 5.42. The third kappa shape index (κ3) is 2.97. The minimum atomic E-state index is -1.02. The van der Waals surface area contributed by atoms with Crippen LogP contribution in [0, 0.1) is 6.92 Å². The van der Waals surface area contributed by atoms with Crippen molar-refractivity contribution in [3.8, 4) is 5.75 Å². The van der Waals surface area contributed by atoms with Crippen LogP contribution in [0.4, 0.5) is 0 Å². The van der Waals surface area contributed by atoms with Gasteiger partial charge >= 0.3 is 0 Å². The Kier molecular flexibility index (Phi) is 3.61. The maximum atomic E-state index is 10.1. The number of phenols is 1. The molecule has 0 unspecified atom stereocenters. The molecule has 0 aliphatic rings. The van der Waals surface area contributed by atoms with E-state index < -0.39 is 5.60 Å². The van der Waals surface area contributed by atoms with Crippen LogP contribution >= 0.6 is 0 Å². The molecule has 0 atom stereocenters. The molecule has 0 saturated heterocycles. The Hall–Kier alpha value is -1.06. The van der Waals surface area contributed by atoms with Gasteiger partial charge in [-0.2, -0.15) is 0 Å². The van der Waals surface area contributed by atoms with Gasteiger partial charge in [0.15, 0.2) is 0 Å². The topological polar surface area (TPSA) is 43.7 Å². The summed E-state index contributed by atoms with van der Waals surface area (Å²) in [7, 11) is 3.90. The molecule has 0 saturated carbocycles. The van der Waals surface area contributed by atoms with Crippen molar-refractivity contribution >= 4 is 0 Å². The van der Waals surface area contributed by atoms with Gasteiger partial charge in [0, 0.05) is 17.7 Å². The zero-order valence-electron chi connectivity index (χ0n) is 10.7. The zero-order chi connectivity index (χ0) is 12.5. The van der Waals surface area contributed by atoms with Crippen LogP contribution in [0.1, 0.15) is 30.5 Å². The molecule has 3 heteroatoms. The van der Waals surface area contributed by atoms with Gasteiger partial charge in [0.05, 0.1) is 5.60 Å². The lowest BCUT2D eigenvalue weighted by molar-refractivity contribution is 0.0755. The molecule has 2 N–H and O–H groups in total. The van der Waals surface area contributed by atoms with Crippen LogP contribution in [0.5, 0.6) is 5.75 Å². The first-order valence-corrected chi connectivity index (χ1v) is 5.42. The lowest BCUT2D eigenvalue weighted by Gasteiger charge is -2.22. The monoisotopic (exact) mass is 223 g/mol. The quantitative estimate of drug-likeness (QED) is 0.823. The number of aliphatic hydroxyl groups is 1. The van der Waals surface area contributed by atoms with Crippen molar-refractivity contribution in [2.75, 3.05) is 14.1 Å². The highest BCUT2D eigenvalue weighted by molar-refractivity contribution is 5.46. The largest absolute Gasteiger partial charge is 0.507 e. The van der Waals surface area contributed by atoms with Crippen molar-refractivity contribution in [1.82, 2.24) is 4.90 Å². The molecule has 1 rings (SSSR count). The van der Waals surface area contributed by atoms with Crippen molar-refractivity contribution in [3.05, 3.63) is 28.8 Å². The Morgan fingerprint density at radius 2 is 1.81 bits per heavy atom. The van der Waals surface area contributed by atoms with Crippen LogP contribution in [0.25, 0.3) is 0 Å². The molecule has 0 aromatic heterocycles. The van der Waals surface area contributed by atoms with Gasteiger partial charge in [-0.15, -0.1) is 0 Å². The normalized spacial score (nSPS) is 12.2. The summed E-state index contributed by atoms with van der Waals surface area (Å²) in [4.78, 5) is 1.99. The Morgan fingerprint density at radius 1 is 1.25 bits per heavy atom. The minimum absolute atomic E-state index is 0.201. The molecule has 16 heavy (non-hydrogen) atoms. The number of nitrogens with zero attached hydrogens (tertiary/aromatic N) is 1. The van der Waals surface area contributed by atoms with E-state index in [9.17, 15) is 10.2 Å². The number of rotatable bonds is 3. The molecule has 1 aromatic rings. The van der Waals surface area contributed by atoms with E-state index in [-0.39, 0.29) is 5.75 Å². The Morgan fingerprint density at radius 3 is 2.25 bits per heavy atom. The molecular weight excluding hydrogens is 202 g/mol. The maximum Gasteiger partial charge on any atom is 0.126 e. The fraction of sp³-hybridized carbons (Fsp3) is 0.538. The van der Waals surface area contributed by atoms with Crippen LogP contribution in [-0.2, 0) is 12.1 Å². The second-order valence-electron chi connectivity index (χ2n) is 5.12. The molecule has 3 nitrogen and oxygen atoms in total. The maximum absolute atomic E-state index is 10.1. The lowest BCUT2D eigenvalue weighted by Crippen LogP contribution is -2.18. The van der Waals surface area contributed by atoms with E-state index in [4.69, 9.17) is 0 Å². The number of hydrogen-bond acceptors (Lipinski definition) is 3. The van der Waals surface area contributed by atoms with Crippen molar-refractivity contribution in [2.24, 2.45) is 0 Å². The summed E-state index contributed by atoms with van der Waals surface area (Å²) < 4.78 is 0. The smallest absolute Gasteiger partial charge is 0.126 e. The van der Waals surface area contributed by atoms with Gasteiger partial charge in [0.2, 0.25) is 0 Å². The summed E-state index contributed by atoms with van der Waals surface area (Å²) in [5, 5.41) is 20.1. The number of hydrogen-bond donors (Lipinski definition) is 2. The van der Waals surface area contributed by atoms with Crippen LogP contribution in [0.15, 0.2) is 12.1 Å². The first kappa shape index (κ1) is 13.0. The number of phenolic OH excluding ortho intramolecular Hbond substituents is 1. The van der Waals surface area contributed by atoms with Crippen LogP contribution < -0.4 is 0 Å². The molecule has 0 aliphatic heterocycles. The Labute approximate surface area is 97.3 Å². The summed E-state index contributed by atoms with van der Waals surface area (Å²) in [6.45, 7) is 5.99. The molecule has 0 spiro atoms. The molecule has 0 bridgehead atoms. The predicted octanol–water partition coefficient (Wildman–Crippen LogP) is 1.99. The van der Waals surface area contributed by atoms with Gasteiger partial charge in [-0.25, -0.2) is 0 Å². The third-order valence-electron chi connectivity index (χ3n) is 2.48. The highest BCUT2D eigenvalue weighted by Gasteiger charge is 2.22. The van der Waals surface area contributed by atoms with E-state index in [0.717, 1.165) is 11.1 Å². The molecule has 0 heterocycles. The molecule has 0 radical (unpaired) electrons. The van der Waals surface area contributed by atoms with Crippen molar-refractivity contribution < 1.29 is 10.2 Å². The summed E-state index contributed by atoms with van der Waals surface area (Å²) >= 11 is 0. The van der Waals surface area contributed by atoms with Crippen LogP contribution in [-0.4, -0.2) is 29.2 Å². The van der Waals surface area contributed by atoms with Gasteiger partial charge in [-0.05, 0) is 40.9 Å². The lowest BCUT2D eigenvalue weighted by atomic mass is 9.93. The standard InChI is InChI=1S/C13H21NO2/c1-9-6-10(8-14(4)5)12(15)11(7-9)13(2,3)16/h6-7,15-16H,8H2,1-5H3. The van der Waals surface area contributed by atoms with E-state index in [2.05, 4.69) is 0 Å². The highest BCUT2D eigenvalue weighted by Crippen LogP contribution is 2.33. The molecular formula is C13H21NO2. The average molecular weight is 223 g/mol. The Balaban J connectivity index is 3.26. The highest BCUT2D eigenvalue weighted by atomic mass is 16.3. The van der Waals surface area contributed by atoms with Gasteiger partial charge < -0.3 is 15.1 Å². The van der Waals surface area contributed by atoms with Crippen LogP contribution in [0.3, 0.4) is 0 Å². The fourth-order valence-electron chi connectivity index (χ4n) is 1.78. The number of aromatic hydroxyl groups is 1. The summed E-state index contributed by atoms with van der Waals surface area (Å²) in [6.07, 6.45) is 0. The first-order chi connectivity index (χ1) is 7.21. The second-order valence-corrected chi connectivity index (χ2v) is 5.12. The zero-order valence-corrected chi connectivity index (χ0v) is 10.7. The van der Waals surface area contributed by atoms with Gasteiger partial charge in [0.1, 0.15) is 5.75 Å². The third-order valence-corrected chi connectivity index (χ3v) is 2.48. The predicted molar refractivity (Wildman–Crippen MR) is 65.5 cm³/mol. The van der Waals surface area contributed by atoms with E-state index in [1.807, 2.05) is 38.1 Å². The van der Waals surface area contributed by atoms with Gasteiger partial charge in [-0.1, -0.05) is 11.6 Å². The van der Waals surface area contributed by atoms with Gasteiger partial charge in [0.25, 0.3) is 0 Å². The average Bonchev–Trinajstić information content (AvgIpc) is 2.07.